The molecule has 0 amide bonds. The fourth-order valence-electron chi connectivity index (χ4n) is 6.34. The van der Waals surface area contributed by atoms with Gasteiger partial charge in [-0.3, -0.25) is 4.79 Å². The lowest BCUT2D eigenvalue weighted by Gasteiger charge is -2.41. The van der Waals surface area contributed by atoms with Crippen molar-refractivity contribution in [2.75, 3.05) is 0 Å². The summed E-state index contributed by atoms with van der Waals surface area (Å²) in [6.07, 6.45) is -0.859. The van der Waals surface area contributed by atoms with Gasteiger partial charge in [-0.1, -0.05) is 12.1 Å². The number of phenolic OH excluding ortho intramolecular Hbond substituents is 6. The Morgan fingerprint density at radius 3 is 2.03 bits per heavy atom. The van der Waals surface area contributed by atoms with Crippen molar-refractivity contribution >= 4 is 5.78 Å². The number of allylic oxidation sites excluding steroid dienone is 2. The maximum absolute atomic E-state index is 13.1. The molecule has 9 nitrogen and oxygen atoms in total. The Morgan fingerprint density at radius 1 is 0.703 bits per heavy atom. The lowest BCUT2D eigenvalue weighted by atomic mass is 9.72. The second-order valence-corrected chi connectivity index (χ2v) is 9.89. The SMILES string of the molecule is O=C1C=C2OC(c3ccc(O)c(O)c3)C(O)C3c4c(O)cc(O)cc4C(C(c4ccc(O)c(O)c4)C1)C23. The summed E-state index contributed by atoms with van der Waals surface area (Å²) in [5, 5.41) is 72.7. The molecule has 1 saturated heterocycles. The summed E-state index contributed by atoms with van der Waals surface area (Å²) in [4.78, 5) is 13.1. The first-order valence-corrected chi connectivity index (χ1v) is 11.8. The van der Waals surface area contributed by atoms with E-state index in [0.29, 0.717) is 28.0 Å². The number of ether oxygens (including phenoxy) is 1. The first kappa shape index (κ1) is 23.1. The highest BCUT2D eigenvalue weighted by atomic mass is 16.5. The van der Waals surface area contributed by atoms with Crippen LogP contribution in [0.5, 0.6) is 34.5 Å². The Morgan fingerprint density at radius 2 is 1.35 bits per heavy atom. The molecule has 7 N–H and O–H groups in total. The number of carbonyl (C=O) groups is 1. The number of ketones is 1. The fourth-order valence-corrected chi connectivity index (χ4v) is 6.34. The van der Waals surface area contributed by atoms with Gasteiger partial charge >= 0.3 is 0 Å². The molecule has 3 aliphatic rings. The molecule has 0 spiro atoms. The third kappa shape index (κ3) is 3.46. The van der Waals surface area contributed by atoms with Crippen LogP contribution in [0, 0.1) is 5.92 Å². The largest absolute Gasteiger partial charge is 0.508 e. The lowest BCUT2D eigenvalue weighted by Crippen LogP contribution is -2.38. The van der Waals surface area contributed by atoms with E-state index < -0.39 is 41.6 Å². The van der Waals surface area contributed by atoms with E-state index in [1.165, 1.54) is 48.5 Å². The van der Waals surface area contributed by atoms with E-state index >= 15 is 0 Å². The molecule has 9 heteroatoms. The van der Waals surface area contributed by atoms with Crippen LogP contribution in [0.4, 0.5) is 0 Å². The molecule has 2 aliphatic carbocycles. The van der Waals surface area contributed by atoms with Crippen LogP contribution in [0.3, 0.4) is 0 Å². The summed E-state index contributed by atoms with van der Waals surface area (Å²) in [6, 6.07) is 11.1. The van der Waals surface area contributed by atoms with Gasteiger partial charge < -0.3 is 40.5 Å². The van der Waals surface area contributed by atoms with Gasteiger partial charge in [0.05, 0.1) is 0 Å². The molecule has 37 heavy (non-hydrogen) atoms. The average Bonchev–Trinajstić information content (AvgIpc) is 3.10. The van der Waals surface area contributed by atoms with Crippen LogP contribution in [-0.2, 0) is 9.53 Å². The van der Waals surface area contributed by atoms with Gasteiger partial charge in [0.25, 0.3) is 0 Å². The molecule has 1 heterocycles. The zero-order valence-corrected chi connectivity index (χ0v) is 19.3. The first-order valence-electron chi connectivity index (χ1n) is 11.8. The minimum atomic E-state index is -1.23. The molecule has 0 radical (unpaired) electrons. The Hall–Kier alpha value is -4.37. The predicted molar refractivity (Wildman–Crippen MR) is 129 cm³/mol. The van der Waals surface area contributed by atoms with E-state index in [4.69, 9.17) is 4.74 Å². The molecule has 6 atom stereocenters. The Balaban J connectivity index is 1.55. The standard InChI is InChI=1S/C28H24O9/c29-13-8-16-23-15(11-1-3-17(31)19(33)5-11)7-14(30)10-22-25(23)26(24(16)21(35)9-13)27(36)28(37-22)12-2-4-18(32)20(34)6-12/h1-6,8-10,15,23,25-29,31-36H,7H2. The van der Waals surface area contributed by atoms with Gasteiger partial charge in [0, 0.05) is 41.9 Å². The average molecular weight is 504 g/mol. The van der Waals surface area contributed by atoms with Crippen molar-refractivity contribution in [3.8, 4) is 34.5 Å². The van der Waals surface area contributed by atoms with E-state index in [-0.39, 0.29) is 41.0 Å². The summed E-state index contributed by atoms with van der Waals surface area (Å²) in [6.45, 7) is 0. The molecule has 190 valence electrons. The third-order valence-electron chi connectivity index (χ3n) is 7.82. The van der Waals surface area contributed by atoms with Crippen molar-refractivity contribution in [2.24, 2.45) is 5.92 Å². The molecule has 1 fully saturated rings. The van der Waals surface area contributed by atoms with Crippen LogP contribution < -0.4 is 0 Å². The van der Waals surface area contributed by atoms with E-state index in [9.17, 15) is 40.5 Å². The Bertz CT molecular complexity index is 1480. The van der Waals surface area contributed by atoms with Crippen LogP contribution in [0.2, 0.25) is 0 Å². The molecular formula is C28H24O9. The highest BCUT2D eigenvalue weighted by Gasteiger charge is 2.57. The molecule has 0 aromatic heterocycles. The highest BCUT2D eigenvalue weighted by molar-refractivity contribution is 5.91. The van der Waals surface area contributed by atoms with E-state index in [0.717, 1.165) is 0 Å². The maximum atomic E-state index is 13.1. The van der Waals surface area contributed by atoms with E-state index in [2.05, 4.69) is 0 Å². The molecule has 0 saturated carbocycles. The summed E-state index contributed by atoms with van der Waals surface area (Å²) >= 11 is 0. The molecule has 0 bridgehead atoms. The van der Waals surface area contributed by atoms with Crippen molar-refractivity contribution in [1.29, 1.82) is 0 Å². The van der Waals surface area contributed by atoms with Gasteiger partial charge in [0.2, 0.25) is 0 Å². The summed E-state index contributed by atoms with van der Waals surface area (Å²) in [5.74, 6) is -4.12. The minimum Gasteiger partial charge on any atom is -0.508 e. The van der Waals surface area contributed by atoms with Crippen molar-refractivity contribution in [1.82, 2.24) is 0 Å². The number of fused-ring (bicyclic) bond motifs is 3. The van der Waals surface area contributed by atoms with Crippen LogP contribution in [0.15, 0.2) is 60.4 Å². The van der Waals surface area contributed by atoms with Crippen LogP contribution in [-0.4, -0.2) is 47.6 Å². The Labute approximate surface area is 210 Å². The molecule has 3 aromatic carbocycles. The highest BCUT2D eigenvalue weighted by Crippen LogP contribution is 2.64. The van der Waals surface area contributed by atoms with Gasteiger partial charge in [0.1, 0.15) is 29.5 Å². The molecule has 3 aromatic rings. The molecular weight excluding hydrogens is 480 g/mol. The number of aromatic hydroxyl groups is 6. The number of aliphatic hydroxyl groups excluding tert-OH is 1. The van der Waals surface area contributed by atoms with Gasteiger partial charge in [-0.25, -0.2) is 0 Å². The number of hydrogen-bond acceptors (Lipinski definition) is 9. The molecule has 6 unspecified atom stereocenters. The van der Waals surface area contributed by atoms with Crippen molar-refractivity contribution < 1.29 is 45.3 Å². The van der Waals surface area contributed by atoms with E-state index in [1.807, 2.05) is 0 Å². The van der Waals surface area contributed by atoms with Gasteiger partial charge in [-0.15, -0.1) is 0 Å². The molecule has 6 rings (SSSR count). The number of phenols is 6. The third-order valence-corrected chi connectivity index (χ3v) is 7.82. The minimum absolute atomic E-state index is 0.0155. The van der Waals surface area contributed by atoms with E-state index in [1.54, 1.807) is 6.07 Å². The van der Waals surface area contributed by atoms with Crippen LogP contribution in [0.1, 0.15) is 52.5 Å². The number of aliphatic hydroxyl groups is 1. The second kappa shape index (κ2) is 8.07. The molecule has 1 aliphatic heterocycles. The quantitative estimate of drug-likeness (QED) is 0.258. The fraction of sp³-hybridized carbons (Fsp3) is 0.250. The zero-order valence-electron chi connectivity index (χ0n) is 19.3. The number of hydrogen-bond donors (Lipinski definition) is 7. The van der Waals surface area contributed by atoms with Crippen LogP contribution >= 0.6 is 0 Å². The monoisotopic (exact) mass is 504 g/mol. The van der Waals surface area contributed by atoms with Crippen molar-refractivity contribution in [3.05, 3.63) is 82.6 Å². The van der Waals surface area contributed by atoms with Crippen molar-refractivity contribution in [2.45, 2.75) is 36.4 Å². The predicted octanol–water partition coefficient (Wildman–Crippen LogP) is 3.49. The smallest absolute Gasteiger partial charge is 0.159 e. The normalized spacial score (nSPS) is 28.0. The van der Waals surface area contributed by atoms with Gasteiger partial charge in [-0.05, 0) is 52.9 Å². The van der Waals surface area contributed by atoms with Gasteiger partial charge in [0.15, 0.2) is 28.8 Å². The summed E-state index contributed by atoms with van der Waals surface area (Å²) in [5.41, 5.74) is 1.90. The topological polar surface area (TPSA) is 168 Å². The first-order chi connectivity index (χ1) is 17.6. The van der Waals surface area contributed by atoms with Crippen molar-refractivity contribution in [3.63, 3.8) is 0 Å². The lowest BCUT2D eigenvalue weighted by molar-refractivity contribution is -0.115. The van der Waals surface area contributed by atoms with Crippen LogP contribution in [0.25, 0.3) is 0 Å². The van der Waals surface area contributed by atoms with Gasteiger partial charge in [-0.2, -0.15) is 0 Å². The summed E-state index contributed by atoms with van der Waals surface area (Å²) < 4.78 is 6.21. The number of benzene rings is 3. The number of carbonyl (C=O) groups excluding carboxylic acids is 1. The maximum Gasteiger partial charge on any atom is 0.159 e. The zero-order chi connectivity index (χ0) is 26.2. The second-order valence-electron chi connectivity index (χ2n) is 9.89. The summed E-state index contributed by atoms with van der Waals surface area (Å²) in [7, 11) is 0. The number of rotatable bonds is 2. The Kier molecular flexibility index (Phi) is 5.03.